The summed E-state index contributed by atoms with van der Waals surface area (Å²) in [6.07, 6.45) is 0.755. The van der Waals surface area contributed by atoms with Crippen LogP contribution in [0.4, 0.5) is 0 Å². The Hall–Kier alpha value is -1.88. The molecule has 0 bridgehead atoms. The summed E-state index contributed by atoms with van der Waals surface area (Å²) in [4.78, 5) is 0. The van der Waals surface area contributed by atoms with Gasteiger partial charge in [0.1, 0.15) is 0 Å². The fraction of sp³-hybridized carbons (Fsp3) is 0.0909. The van der Waals surface area contributed by atoms with Crippen molar-refractivity contribution in [2.45, 2.75) is 6.92 Å². The predicted octanol–water partition coefficient (Wildman–Crippen LogP) is 5.25. The molecule has 0 saturated carbocycles. The molecule has 0 radical (unpaired) electrons. The third-order valence-corrected chi connectivity index (χ3v) is 11.8. The molecule has 24 heavy (non-hydrogen) atoms. The molecule has 0 aromatic heterocycles. The van der Waals surface area contributed by atoms with Crippen LogP contribution in [0.2, 0.25) is 0 Å². The van der Waals surface area contributed by atoms with Crippen molar-refractivity contribution in [3.05, 3.63) is 103 Å². The van der Waals surface area contributed by atoms with Crippen LogP contribution in [-0.2, 0) is 0 Å². The fourth-order valence-electron chi connectivity index (χ4n) is 3.44. The van der Waals surface area contributed by atoms with Crippen molar-refractivity contribution in [2.75, 3.05) is 6.16 Å². The van der Waals surface area contributed by atoms with Crippen molar-refractivity contribution in [1.82, 2.24) is 0 Å². The summed E-state index contributed by atoms with van der Waals surface area (Å²) in [5, 5.41) is 3.56. The summed E-state index contributed by atoms with van der Waals surface area (Å²) in [7, 11) is 0. The van der Waals surface area contributed by atoms with Gasteiger partial charge < -0.3 is 0 Å². The Morgan fingerprint density at radius 2 is 1.00 bits per heavy atom. The van der Waals surface area contributed by atoms with Crippen LogP contribution in [-0.4, -0.2) is 6.16 Å². The Labute approximate surface area is 149 Å². The van der Waals surface area contributed by atoms with Crippen molar-refractivity contribution in [3.8, 4) is 0 Å². The van der Waals surface area contributed by atoms with Crippen LogP contribution in [0.15, 0.2) is 103 Å². The van der Waals surface area contributed by atoms with Gasteiger partial charge in [0.25, 0.3) is 0 Å². The van der Waals surface area contributed by atoms with Gasteiger partial charge in [0.05, 0.1) is 0 Å². The van der Waals surface area contributed by atoms with Gasteiger partial charge in [-0.25, -0.2) is 0 Å². The number of hydrogen-bond donors (Lipinski definition) is 0. The topological polar surface area (TPSA) is 0 Å². The molecule has 0 fully saturated rings. The quantitative estimate of drug-likeness (QED) is 0.435. The minimum absolute atomic E-state index is 0.755. The van der Waals surface area contributed by atoms with Gasteiger partial charge >= 0.3 is 149 Å². The molecular weight excluding hydrogens is 331 g/mol. The second kappa shape index (κ2) is 6.55. The number of hydrogen-bond acceptors (Lipinski definition) is 0. The SMILES string of the molecule is C=C(C)CP(Cl)(c1ccccc1)(c1ccccc1)c1ccccc1. The second-order valence-corrected chi connectivity index (χ2v) is 12.8. The molecule has 3 rings (SSSR count). The van der Waals surface area contributed by atoms with Gasteiger partial charge in [-0.15, -0.1) is 0 Å². The Kier molecular flexibility index (Phi) is 4.63. The molecule has 0 saturated heterocycles. The maximum absolute atomic E-state index is 7.84. The van der Waals surface area contributed by atoms with Gasteiger partial charge in [-0.05, 0) is 0 Å². The Bertz CT molecular complexity index is 726. The van der Waals surface area contributed by atoms with Crippen LogP contribution in [0.1, 0.15) is 6.92 Å². The molecule has 3 aromatic rings. The standard InChI is InChI=1S/C22H22ClP/c1-19(2)18-24(23,20-12-6-3-7-13-20,21-14-8-4-9-15-21)22-16-10-5-11-17-22/h3-17H,1,18H2,2H3. The van der Waals surface area contributed by atoms with E-state index in [0.717, 1.165) is 11.7 Å². The molecule has 3 aromatic carbocycles. The van der Waals surface area contributed by atoms with E-state index in [4.69, 9.17) is 11.2 Å². The van der Waals surface area contributed by atoms with Gasteiger partial charge in [0, 0.05) is 0 Å². The molecule has 0 atom stereocenters. The zero-order chi connectivity index (χ0) is 17.1. The van der Waals surface area contributed by atoms with Crippen molar-refractivity contribution < 1.29 is 0 Å². The van der Waals surface area contributed by atoms with E-state index in [1.807, 2.05) is 18.2 Å². The zero-order valence-electron chi connectivity index (χ0n) is 13.9. The first kappa shape index (κ1) is 17.0. The minimum atomic E-state index is -3.12. The van der Waals surface area contributed by atoms with Crippen LogP contribution in [0, 0.1) is 0 Å². The van der Waals surface area contributed by atoms with Gasteiger partial charge in [-0.2, -0.15) is 0 Å². The molecule has 0 aliphatic carbocycles. The third-order valence-electron chi connectivity index (χ3n) is 4.45. The van der Waals surface area contributed by atoms with Gasteiger partial charge in [-0.1, -0.05) is 0 Å². The normalized spacial score (nSPS) is 13.0. The van der Waals surface area contributed by atoms with Gasteiger partial charge in [0.15, 0.2) is 0 Å². The first-order valence-corrected chi connectivity index (χ1v) is 11.4. The first-order chi connectivity index (χ1) is 11.6. The second-order valence-electron chi connectivity index (χ2n) is 6.30. The average Bonchev–Trinajstić information content (AvgIpc) is 2.63. The van der Waals surface area contributed by atoms with E-state index in [1.165, 1.54) is 15.9 Å². The van der Waals surface area contributed by atoms with Gasteiger partial charge in [0.2, 0.25) is 0 Å². The van der Waals surface area contributed by atoms with E-state index >= 15 is 0 Å². The summed E-state index contributed by atoms with van der Waals surface area (Å²) in [6, 6.07) is 31.5. The molecular formula is C22H22ClP. The predicted molar refractivity (Wildman–Crippen MR) is 111 cm³/mol. The summed E-state index contributed by atoms with van der Waals surface area (Å²) in [5.74, 6) is -3.12. The molecule has 122 valence electrons. The van der Waals surface area contributed by atoms with Crippen molar-refractivity contribution in [2.24, 2.45) is 0 Å². The van der Waals surface area contributed by atoms with Crippen LogP contribution < -0.4 is 15.9 Å². The van der Waals surface area contributed by atoms with Crippen molar-refractivity contribution in [3.63, 3.8) is 0 Å². The van der Waals surface area contributed by atoms with E-state index in [9.17, 15) is 0 Å². The molecule has 0 N–H and O–H groups in total. The van der Waals surface area contributed by atoms with E-state index in [1.54, 1.807) is 0 Å². The molecule has 0 nitrogen and oxygen atoms in total. The summed E-state index contributed by atoms with van der Waals surface area (Å²) >= 11 is 7.84. The maximum atomic E-state index is 7.84. The van der Waals surface area contributed by atoms with Crippen molar-refractivity contribution >= 4 is 33.1 Å². The van der Waals surface area contributed by atoms with E-state index in [0.29, 0.717) is 0 Å². The average molecular weight is 353 g/mol. The monoisotopic (exact) mass is 352 g/mol. The molecule has 0 unspecified atom stereocenters. The Morgan fingerprint density at radius 3 is 1.25 bits per heavy atom. The molecule has 0 amide bonds. The van der Waals surface area contributed by atoms with Crippen molar-refractivity contribution in [1.29, 1.82) is 0 Å². The number of halogens is 1. The summed E-state index contributed by atoms with van der Waals surface area (Å²) in [5.41, 5.74) is 1.10. The number of rotatable bonds is 5. The number of allylic oxidation sites excluding steroid dienone is 1. The summed E-state index contributed by atoms with van der Waals surface area (Å²) in [6.45, 7) is 6.28. The molecule has 2 heteroatoms. The van der Waals surface area contributed by atoms with Gasteiger partial charge in [-0.3, -0.25) is 0 Å². The fourth-order valence-corrected chi connectivity index (χ4v) is 9.91. The zero-order valence-corrected chi connectivity index (χ0v) is 15.6. The molecule has 0 aliphatic rings. The van der Waals surface area contributed by atoms with Crippen LogP contribution in [0.25, 0.3) is 0 Å². The summed E-state index contributed by atoms with van der Waals surface area (Å²) < 4.78 is 0. The van der Waals surface area contributed by atoms with E-state index in [2.05, 4.69) is 86.3 Å². The van der Waals surface area contributed by atoms with E-state index in [-0.39, 0.29) is 0 Å². The Morgan fingerprint density at radius 1 is 0.708 bits per heavy atom. The van der Waals surface area contributed by atoms with Crippen LogP contribution in [0.3, 0.4) is 0 Å². The van der Waals surface area contributed by atoms with E-state index < -0.39 is 5.96 Å². The third kappa shape index (κ3) is 2.71. The molecule has 0 spiro atoms. The molecule has 0 aliphatic heterocycles. The number of benzene rings is 3. The first-order valence-electron chi connectivity index (χ1n) is 8.10. The molecule has 0 heterocycles. The van der Waals surface area contributed by atoms with Crippen LogP contribution >= 0.6 is 17.2 Å². The Balaban J connectivity index is 2.45. The van der Waals surface area contributed by atoms with Crippen LogP contribution in [0.5, 0.6) is 0 Å².